The number of benzene rings is 2. The fourth-order valence-corrected chi connectivity index (χ4v) is 3.91. The maximum absolute atomic E-state index is 14.1. The third kappa shape index (κ3) is 5.55. The largest absolute Gasteiger partial charge is 0.471 e. The van der Waals surface area contributed by atoms with E-state index in [1.807, 2.05) is 6.92 Å². The number of carbonyl (C=O) groups excluding carboxylic acids is 1. The van der Waals surface area contributed by atoms with Crippen molar-refractivity contribution in [2.45, 2.75) is 20.2 Å². The fraction of sp³-hybridized carbons (Fsp3) is 0.136. The number of hydrogen-bond donors (Lipinski definition) is 1. The summed E-state index contributed by atoms with van der Waals surface area (Å²) in [5.74, 6) is 0.0629. The molecule has 11 heteroatoms. The lowest BCUT2D eigenvalue weighted by Gasteiger charge is -2.09. The quantitative estimate of drug-likeness (QED) is 0.308. The standard InChI is InChI=1S/C22H17BrCl2FN5O2/c1-13-9-14(24)5-6-20(13)33-12-30-8-7-19(28-30)22(32)27-21-16(23)11-31(29-21)10-15-17(25)3-2-4-18(15)26/h2-9,11H,10,12H2,1H3,(H,27,29,32). The molecule has 0 radical (unpaired) electrons. The van der Waals surface area contributed by atoms with E-state index >= 15 is 0 Å². The highest BCUT2D eigenvalue weighted by Gasteiger charge is 2.16. The van der Waals surface area contributed by atoms with Gasteiger partial charge in [0.1, 0.15) is 11.6 Å². The van der Waals surface area contributed by atoms with Crippen molar-refractivity contribution in [2.24, 2.45) is 0 Å². The Bertz CT molecular complexity index is 1300. The van der Waals surface area contributed by atoms with E-state index in [4.69, 9.17) is 27.9 Å². The van der Waals surface area contributed by atoms with Gasteiger partial charge in [0.25, 0.3) is 5.91 Å². The molecule has 4 rings (SSSR count). The highest BCUT2D eigenvalue weighted by molar-refractivity contribution is 9.10. The van der Waals surface area contributed by atoms with Crippen LogP contribution in [0.25, 0.3) is 0 Å². The number of aryl methyl sites for hydroxylation is 1. The predicted octanol–water partition coefficient (Wildman–Crippen LogP) is 5.93. The maximum Gasteiger partial charge on any atom is 0.277 e. The van der Waals surface area contributed by atoms with Crippen LogP contribution in [0.4, 0.5) is 10.2 Å². The molecule has 0 aliphatic carbocycles. The van der Waals surface area contributed by atoms with Gasteiger partial charge in [0, 0.05) is 28.0 Å². The van der Waals surface area contributed by atoms with Crippen LogP contribution in [-0.2, 0) is 13.3 Å². The smallest absolute Gasteiger partial charge is 0.277 e. The highest BCUT2D eigenvalue weighted by atomic mass is 79.9. The third-order valence-electron chi connectivity index (χ3n) is 4.69. The zero-order valence-corrected chi connectivity index (χ0v) is 20.3. The molecule has 7 nitrogen and oxygen atoms in total. The van der Waals surface area contributed by atoms with Crippen LogP contribution >= 0.6 is 39.1 Å². The van der Waals surface area contributed by atoms with Crippen LogP contribution < -0.4 is 10.1 Å². The number of carbonyl (C=O) groups is 1. The van der Waals surface area contributed by atoms with Crippen molar-refractivity contribution in [3.05, 3.63) is 92.0 Å². The van der Waals surface area contributed by atoms with Crippen LogP contribution in [0.15, 0.2) is 59.3 Å². The van der Waals surface area contributed by atoms with Crippen LogP contribution in [0, 0.1) is 12.7 Å². The lowest BCUT2D eigenvalue weighted by Crippen LogP contribution is -2.15. The molecular formula is C22H17BrCl2FN5O2. The van der Waals surface area contributed by atoms with Crippen molar-refractivity contribution < 1.29 is 13.9 Å². The van der Waals surface area contributed by atoms with Gasteiger partial charge in [0.2, 0.25) is 0 Å². The molecule has 170 valence electrons. The molecule has 0 saturated carbocycles. The first-order valence-corrected chi connectivity index (χ1v) is 11.2. The van der Waals surface area contributed by atoms with Gasteiger partial charge in [0.05, 0.1) is 11.0 Å². The molecule has 0 saturated heterocycles. The SMILES string of the molecule is Cc1cc(Cl)ccc1OCn1ccc(C(=O)Nc2nn(Cc3c(F)cccc3Cl)cc2Br)n1. The number of hydrogen-bond acceptors (Lipinski definition) is 4. The maximum atomic E-state index is 14.1. The van der Waals surface area contributed by atoms with Gasteiger partial charge in [-0.15, -0.1) is 0 Å². The topological polar surface area (TPSA) is 74.0 Å². The number of ether oxygens (including phenoxy) is 1. The second-order valence-corrected chi connectivity index (χ2v) is 8.80. The average molecular weight is 553 g/mol. The minimum Gasteiger partial charge on any atom is -0.471 e. The summed E-state index contributed by atoms with van der Waals surface area (Å²) < 4.78 is 23.3. The first-order valence-electron chi connectivity index (χ1n) is 9.70. The Morgan fingerprint density at radius 1 is 1.18 bits per heavy atom. The number of aromatic nitrogens is 4. The average Bonchev–Trinajstić information content (AvgIpc) is 3.37. The molecule has 0 spiro atoms. The van der Waals surface area contributed by atoms with Gasteiger partial charge in [-0.1, -0.05) is 29.3 Å². The zero-order chi connectivity index (χ0) is 23.5. The first kappa shape index (κ1) is 23.3. The summed E-state index contributed by atoms with van der Waals surface area (Å²) in [5, 5.41) is 12.1. The summed E-state index contributed by atoms with van der Waals surface area (Å²) in [7, 11) is 0. The number of rotatable bonds is 7. The van der Waals surface area contributed by atoms with Crippen molar-refractivity contribution in [2.75, 3.05) is 5.32 Å². The van der Waals surface area contributed by atoms with Crippen LogP contribution in [-0.4, -0.2) is 25.5 Å². The normalized spacial score (nSPS) is 10.9. The van der Waals surface area contributed by atoms with Crippen molar-refractivity contribution >= 4 is 50.9 Å². The van der Waals surface area contributed by atoms with Crippen LogP contribution in [0.3, 0.4) is 0 Å². The van der Waals surface area contributed by atoms with Crippen LogP contribution in [0.2, 0.25) is 10.0 Å². The Morgan fingerprint density at radius 3 is 2.76 bits per heavy atom. The van der Waals surface area contributed by atoms with E-state index in [0.717, 1.165) is 5.56 Å². The monoisotopic (exact) mass is 551 g/mol. The van der Waals surface area contributed by atoms with E-state index in [-0.39, 0.29) is 24.8 Å². The minimum atomic E-state index is -0.453. The number of amides is 1. The zero-order valence-electron chi connectivity index (χ0n) is 17.2. The Balaban J connectivity index is 1.40. The Kier molecular flexibility index (Phi) is 7.02. The Labute approximate surface area is 207 Å². The summed E-state index contributed by atoms with van der Waals surface area (Å²) >= 11 is 15.4. The van der Waals surface area contributed by atoms with Crippen molar-refractivity contribution in [1.29, 1.82) is 0 Å². The summed E-state index contributed by atoms with van der Waals surface area (Å²) in [6, 6.07) is 11.4. The molecule has 0 aliphatic rings. The Hall–Kier alpha value is -2.88. The molecule has 0 unspecified atom stereocenters. The minimum absolute atomic E-state index is 0.107. The van der Waals surface area contributed by atoms with Gasteiger partial charge in [-0.05, 0) is 64.8 Å². The van der Waals surface area contributed by atoms with Gasteiger partial charge >= 0.3 is 0 Å². The fourth-order valence-electron chi connectivity index (χ4n) is 3.04. The number of nitrogens with zero attached hydrogens (tertiary/aromatic N) is 4. The van der Waals surface area contributed by atoms with Crippen LogP contribution in [0.5, 0.6) is 5.75 Å². The van der Waals surface area contributed by atoms with Crippen molar-refractivity contribution in [3.8, 4) is 5.75 Å². The molecule has 33 heavy (non-hydrogen) atoms. The molecule has 0 aliphatic heterocycles. The summed E-state index contributed by atoms with van der Waals surface area (Å²) in [5.41, 5.74) is 1.39. The molecular weight excluding hydrogens is 536 g/mol. The van der Waals surface area contributed by atoms with E-state index in [1.165, 1.54) is 21.5 Å². The number of anilines is 1. The third-order valence-corrected chi connectivity index (χ3v) is 5.86. The molecule has 0 atom stereocenters. The molecule has 4 aromatic rings. The molecule has 2 heterocycles. The van der Waals surface area contributed by atoms with E-state index in [2.05, 4.69) is 31.4 Å². The lowest BCUT2D eigenvalue weighted by atomic mass is 10.2. The molecule has 0 fully saturated rings. The molecule has 2 aromatic carbocycles. The van der Waals surface area contributed by atoms with Gasteiger partial charge in [0.15, 0.2) is 18.2 Å². The van der Waals surface area contributed by atoms with Gasteiger partial charge < -0.3 is 10.1 Å². The van der Waals surface area contributed by atoms with Crippen molar-refractivity contribution in [1.82, 2.24) is 19.6 Å². The van der Waals surface area contributed by atoms with Gasteiger partial charge in [-0.25, -0.2) is 9.07 Å². The molecule has 1 amide bonds. The summed E-state index contributed by atoms with van der Waals surface area (Å²) in [4.78, 5) is 12.6. The van der Waals surface area contributed by atoms with Gasteiger partial charge in [-0.3, -0.25) is 9.48 Å². The van der Waals surface area contributed by atoms with Gasteiger partial charge in [-0.2, -0.15) is 10.2 Å². The van der Waals surface area contributed by atoms with E-state index in [0.29, 0.717) is 25.8 Å². The second kappa shape index (κ2) is 9.94. The number of nitrogens with one attached hydrogen (secondary N) is 1. The lowest BCUT2D eigenvalue weighted by molar-refractivity contribution is 0.101. The van der Waals surface area contributed by atoms with E-state index < -0.39 is 11.7 Å². The highest BCUT2D eigenvalue weighted by Crippen LogP contribution is 2.25. The summed E-state index contributed by atoms with van der Waals surface area (Å²) in [6.45, 7) is 2.12. The molecule has 1 N–H and O–H groups in total. The van der Waals surface area contributed by atoms with Crippen LogP contribution in [0.1, 0.15) is 21.6 Å². The van der Waals surface area contributed by atoms with E-state index in [1.54, 1.807) is 42.7 Å². The molecule has 0 bridgehead atoms. The Morgan fingerprint density at radius 2 is 2.00 bits per heavy atom. The first-order chi connectivity index (χ1) is 15.8. The predicted molar refractivity (Wildman–Crippen MR) is 127 cm³/mol. The molecule has 2 aromatic heterocycles. The number of halogens is 4. The summed E-state index contributed by atoms with van der Waals surface area (Å²) in [6.07, 6.45) is 3.26. The van der Waals surface area contributed by atoms with E-state index in [9.17, 15) is 9.18 Å². The van der Waals surface area contributed by atoms with Crippen molar-refractivity contribution in [3.63, 3.8) is 0 Å². The second-order valence-electron chi connectivity index (χ2n) is 7.10.